The second kappa shape index (κ2) is 5.11. The van der Waals surface area contributed by atoms with Gasteiger partial charge in [0.05, 0.1) is 6.20 Å². The molecule has 2 nitrogen and oxygen atoms in total. The lowest BCUT2D eigenvalue weighted by molar-refractivity contribution is 0.714. The maximum atomic E-state index is 5.74. The summed E-state index contributed by atoms with van der Waals surface area (Å²) in [5.74, 6) is 2.63. The molecule has 0 saturated heterocycles. The smallest absolute Gasteiger partial charge is 0.184 e. The van der Waals surface area contributed by atoms with Crippen LogP contribution >= 0.6 is 22.9 Å². The first kappa shape index (κ1) is 10.4. The van der Waals surface area contributed by atoms with Crippen LogP contribution in [0.4, 0.5) is 5.13 Å². The van der Waals surface area contributed by atoms with Crippen LogP contribution in [0.15, 0.2) is 6.20 Å². The fourth-order valence-electron chi connectivity index (χ4n) is 0.935. The second-order valence-corrected chi connectivity index (χ2v) is 4.29. The molecule has 0 radical (unpaired) electrons. The summed E-state index contributed by atoms with van der Waals surface area (Å²) in [6, 6.07) is 0.298. The molecular weight excluding hydrogens is 204 g/mol. The van der Waals surface area contributed by atoms with E-state index in [4.69, 9.17) is 18.0 Å². The second-order valence-electron chi connectivity index (χ2n) is 2.63. The molecule has 1 rings (SSSR count). The zero-order valence-corrected chi connectivity index (χ0v) is 8.95. The molecule has 1 unspecified atom stereocenters. The molecule has 0 fully saturated rings. The number of rotatable bonds is 4. The highest BCUT2D eigenvalue weighted by atomic mass is 35.5. The normalized spacial score (nSPS) is 12.1. The van der Waals surface area contributed by atoms with E-state index in [0.717, 1.165) is 11.6 Å². The number of anilines is 1. The van der Waals surface area contributed by atoms with Crippen LogP contribution in [0.1, 0.15) is 19.8 Å². The Labute approximate surface area is 87.3 Å². The quantitative estimate of drug-likeness (QED) is 0.780. The minimum Gasteiger partial charge on any atom is -0.358 e. The molecule has 0 spiro atoms. The van der Waals surface area contributed by atoms with Crippen molar-refractivity contribution in [3.63, 3.8) is 0 Å². The van der Waals surface area contributed by atoms with Gasteiger partial charge in [0.15, 0.2) is 5.13 Å². The van der Waals surface area contributed by atoms with E-state index < -0.39 is 0 Å². The summed E-state index contributed by atoms with van der Waals surface area (Å²) in [4.78, 5) is 4.09. The van der Waals surface area contributed by atoms with Gasteiger partial charge in [-0.3, -0.25) is 0 Å². The maximum absolute atomic E-state index is 5.74. The van der Waals surface area contributed by atoms with Crippen LogP contribution in [0.3, 0.4) is 0 Å². The minimum absolute atomic E-state index is 0.298. The monoisotopic (exact) mass is 214 g/mol. The first-order valence-corrected chi connectivity index (χ1v) is 5.27. The molecule has 0 aliphatic heterocycles. The SMILES string of the molecule is C#CCC(CC)Nc1ncc(Cl)s1. The Morgan fingerprint density at radius 3 is 3.08 bits per heavy atom. The number of terminal acetylenes is 1. The fourth-order valence-corrected chi connectivity index (χ4v) is 1.82. The number of nitrogens with zero attached hydrogens (tertiary/aromatic N) is 1. The number of hydrogen-bond acceptors (Lipinski definition) is 3. The summed E-state index contributed by atoms with van der Waals surface area (Å²) in [5.41, 5.74) is 0. The van der Waals surface area contributed by atoms with Crippen LogP contribution in [-0.2, 0) is 0 Å². The molecule has 0 aromatic carbocycles. The predicted octanol–water partition coefficient (Wildman–Crippen LogP) is 3.01. The first-order chi connectivity index (χ1) is 6.26. The van der Waals surface area contributed by atoms with E-state index in [0.29, 0.717) is 16.8 Å². The minimum atomic E-state index is 0.298. The van der Waals surface area contributed by atoms with E-state index in [1.54, 1.807) is 6.20 Å². The van der Waals surface area contributed by atoms with Crippen LogP contribution in [0.25, 0.3) is 0 Å². The van der Waals surface area contributed by atoms with Crippen LogP contribution in [-0.4, -0.2) is 11.0 Å². The highest BCUT2D eigenvalue weighted by Crippen LogP contribution is 2.23. The molecule has 0 aliphatic rings. The molecular formula is C9H11ClN2S. The van der Waals surface area contributed by atoms with E-state index in [1.165, 1.54) is 11.3 Å². The number of thiazole rings is 1. The van der Waals surface area contributed by atoms with Gasteiger partial charge in [-0.05, 0) is 6.42 Å². The third-order valence-corrected chi connectivity index (χ3v) is 2.71. The molecule has 70 valence electrons. The zero-order chi connectivity index (χ0) is 9.68. The third kappa shape index (κ3) is 3.25. The van der Waals surface area contributed by atoms with Crippen molar-refractivity contribution in [3.05, 3.63) is 10.5 Å². The lowest BCUT2D eigenvalue weighted by atomic mass is 10.2. The highest BCUT2D eigenvalue weighted by molar-refractivity contribution is 7.19. The summed E-state index contributed by atoms with van der Waals surface area (Å²) >= 11 is 7.17. The van der Waals surface area contributed by atoms with Crippen LogP contribution < -0.4 is 5.32 Å². The van der Waals surface area contributed by atoms with E-state index in [9.17, 15) is 0 Å². The van der Waals surface area contributed by atoms with Crippen molar-refractivity contribution in [2.24, 2.45) is 0 Å². The molecule has 0 aliphatic carbocycles. The Balaban J connectivity index is 2.52. The van der Waals surface area contributed by atoms with Gasteiger partial charge in [-0.2, -0.15) is 0 Å². The van der Waals surface area contributed by atoms with E-state index in [-0.39, 0.29) is 0 Å². The van der Waals surface area contributed by atoms with E-state index >= 15 is 0 Å². The van der Waals surface area contributed by atoms with Gasteiger partial charge < -0.3 is 5.32 Å². The van der Waals surface area contributed by atoms with E-state index in [2.05, 4.69) is 23.1 Å². The maximum Gasteiger partial charge on any atom is 0.184 e. The van der Waals surface area contributed by atoms with E-state index in [1.807, 2.05) is 0 Å². The summed E-state index contributed by atoms with van der Waals surface area (Å²) in [7, 11) is 0. The molecule has 0 saturated carbocycles. The van der Waals surface area contributed by atoms with Gasteiger partial charge in [-0.25, -0.2) is 4.98 Å². The van der Waals surface area contributed by atoms with Crippen molar-refractivity contribution < 1.29 is 0 Å². The van der Waals surface area contributed by atoms with Gasteiger partial charge in [-0.15, -0.1) is 12.3 Å². The zero-order valence-electron chi connectivity index (χ0n) is 7.38. The summed E-state index contributed by atoms with van der Waals surface area (Å²) in [6.07, 6.45) is 8.57. The Hall–Kier alpha value is -0.720. The molecule has 0 bridgehead atoms. The Kier molecular flexibility index (Phi) is 4.07. The first-order valence-electron chi connectivity index (χ1n) is 4.07. The fraction of sp³-hybridized carbons (Fsp3) is 0.444. The third-order valence-electron chi connectivity index (χ3n) is 1.66. The van der Waals surface area contributed by atoms with Gasteiger partial charge in [0, 0.05) is 12.5 Å². The standard InChI is InChI=1S/C9H11ClN2S/c1-3-5-7(4-2)12-9-11-6-8(10)13-9/h1,6-7H,4-5H2,2H3,(H,11,12). The molecule has 0 amide bonds. The number of aromatic nitrogens is 1. The lowest BCUT2D eigenvalue weighted by Crippen LogP contribution is -2.17. The molecule has 4 heteroatoms. The molecule has 1 heterocycles. The van der Waals surface area contributed by atoms with Crippen molar-refractivity contribution in [2.45, 2.75) is 25.8 Å². The van der Waals surface area contributed by atoms with Crippen molar-refractivity contribution in [1.29, 1.82) is 0 Å². The molecule has 1 aromatic heterocycles. The molecule has 1 aromatic rings. The summed E-state index contributed by atoms with van der Waals surface area (Å²) < 4.78 is 0.693. The van der Waals surface area contributed by atoms with Gasteiger partial charge in [0.25, 0.3) is 0 Å². The van der Waals surface area contributed by atoms with Crippen molar-refractivity contribution in [2.75, 3.05) is 5.32 Å². The van der Waals surface area contributed by atoms with Gasteiger partial charge in [0.2, 0.25) is 0 Å². The van der Waals surface area contributed by atoms with Gasteiger partial charge >= 0.3 is 0 Å². The lowest BCUT2D eigenvalue weighted by Gasteiger charge is -2.12. The van der Waals surface area contributed by atoms with Crippen molar-refractivity contribution in [3.8, 4) is 12.3 Å². The number of nitrogens with one attached hydrogen (secondary N) is 1. The topological polar surface area (TPSA) is 24.9 Å². The van der Waals surface area contributed by atoms with Crippen LogP contribution in [0.2, 0.25) is 4.34 Å². The average Bonchev–Trinajstić information content (AvgIpc) is 2.50. The summed E-state index contributed by atoms with van der Waals surface area (Å²) in [6.45, 7) is 2.09. The summed E-state index contributed by atoms with van der Waals surface area (Å²) in [5, 5.41) is 4.07. The molecule has 1 atom stereocenters. The number of hydrogen-bond donors (Lipinski definition) is 1. The largest absolute Gasteiger partial charge is 0.358 e. The van der Waals surface area contributed by atoms with Crippen molar-refractivity contribution in [1.82, 2.24) is 4.98 Å². The highest BCUT2D eigenvalue weighted by Gasteiger charge is 2.06. The number of halogens is 1. The molecule has 1 N–H and O–H groups in total. The van der Waals surface area contributed by atoms with Gasteiger partial charge in [-0.1, -0.05) is 29.9 Å². The average molecular weight is 215 g/mol. The van der Waals surface area contributed by atoms with Crippen molar-refractivity contribution >= 4 is 28.1 Å². The Bertz CT molecular complexity index is 303. The molecule has 13 heavy (non-hydrogen) atoms. The predicted molar refractivity (Wildman–Crippen MR) is 58.3 cm³/mol. The van der Waals surface area contributed by atoms with Crippen LogP contribution in [0, 0.1) is 12.3 Å². The Morgan fingerprint density at radius 1 is 1.85 bits per heavy atom. The Morgan fingerprint density at radius 2 is 2.62 bits per heavy atom. The van der Waals surface area contributed by atoms with Gasteiger partial charge in [0.1, 0.15) is 4.34 Å². The van der Waals surface area contributed by atoms with Crippen LogP contribution in [0.5, 0.6) is 0 Å².